The summed E-state index contributed by atoms with van der Waals surface area (Å²) in [5.41, 5.74) is 4.07. The van der Waals surface area contributed by atoms with Gasteiger partial charge in [-0.1, -0.05) is 52.7 Å². The molecule has 1 nitrogen and oxygen atoms in total. The predicted molar refractivity (Wildman–Crippen MR) is 88.6 cm³/mol. The van der Waals surface area contributed by atoms with Crippen LogP contribution in [0.15, 0.2) is 41.5 Å². The lowest BCUT2D eigenvalue weighted by Crippen LogP contribution is -2.36. The van der Waals surface area contributed by atoms with Crippen molar-refractivity contribution < 1.29 is 0 Å². The molecule has 1 aliphatic heterocycles. The second kappa shape index (κ2) is 4.08. The van der Waals surface area contributed by atoms with Gasteiger partial charge in [0, 0.05) is 32.2 Å². The van der Waals surface area contributed by atoms with E-state index < -0.39 is 0 Å². The van der Waals surface area contributed by atoms with Gasteiger partial charge in [0.1, 0.15) is 0 Å². The van der Waals surface area contributed by atoms with E-state index in [4.69, 9.17) is 16.6 Å². The molecular weight excluding hydrogens is 334 g/mol. The first kappa shape index (κ1) is 12.8. The maximum Gasteiger partial charge on any atom is 0.0412 e. The molecule has 1 aromatic carbocycles. The molecule has 102 valence electrons. The second-order valence-electron chi connectivity index (χ2n) is 6.25. The monoisotopic (exact) mass is 347 g/mol. The van der Waals surface area contributed by atoms with Gasteiger partial charge in [0.2, 0.25) is 0 Å². The highest BCUT2D eigenvalue weighted by atomic mass is 79.9. The van der Waals surface area contributed by atoms with Gasteiger partial charge in [0.05, 0.1) is 0 Å². The molecule has 1 saturated carbocycles. The van der Waals surface area contributed by atoms with Crippen LogP contribution in [0.4, 0.5) is 0 Å². The van der Waals surface area contributed by atoms with Gasteiger partial charge < -0.3 is 0 Å². The van der Waals surface area contributed by atoms with Crippen molar-refractivity contribution in [2.24, 2.45) is 10.4 Å². The van der Waals surface area contributed by atoms with E-state index in [1.807, 2.05) is 12.3 Å². The standard InChI is InChI=1S/C17H15BrClN/c1-16-5-2-8-20-15(16)17(6-7-17)13-4-3-11(19)9-12(13)14(18)10-16/h2-4,8-10H,5-7H2,1H3. The minimum absolute atomic E-state index is 0.00950. The van der Waals surface area contributed by atoms with E-state index in [2.05, 4.69) is 47.1 Å². The Bertz CT molecular complexity index is 697. The zero-order chi connectivity index (χ0) is 14.0. The summed E-state index contributed by atoms with van der Waals surface area (Å²) < 4.78 is 1.14. The zero-order valence-corrected chi connectivity index (χ0v) is 13.6. The van der Waals surface area contributed by atoms with Gasteiger partial charge in [-0.2, -0.15) is 0 Å². The van der Waals surface area contributed by atoms with Crippen molar-refractivity contribution in [2.45, 2.75) is 31.6 Å². The molecule has 3 heteroatoms. The number of hydrogen-bond acceptors (Lipinski definition) is 1. The van der Waals surface area contributed by atoms with Crippen molar-refractivity contribution in [3.05, 3.63) is 52.7 Å². The number of halogens is 2. The highest BCUT2D eigenvalue weighted by Crippen LogP contribution is 2.59. The Hall–Kier alpha value is -0.860. The van der Waals surface area contributed by atoms with Gasteiger partial charge in [-0.15, -0.1) is 0 Å². The van der Waals surface area contributed by atoms with E-state index in [1.54, 1.807) is 0 Å². The van der Waals surface area contributed by atoms with Crippen LogP contribution in [0.25, 0.3) is 4.48 Å². The fraction of sp³-hybridized carbons (Fsp3) is 0.353. The van der Waals surface area contributed by atoms with Gasteiger partial charge in [0.15, 0.2) is 0 Å². The number of benzene rings is 1. The first-order chi connectivity index (χ1) is 9.55. The smallest absolute Gasteiger partial charge is 0.0412 e. The minimum atomic E-state index is 0.00950. The molecule has 3 aliphatic rings. The summed E-state index contributed by atoms with van der Waals surface area (Å²) in [7, 11) is 0. The lowest BCUT2D eigenvalue weighted by Gasteiger charge is -2.33. The van der Waals surface area contributed by atoms with Crippen LogP contribution in [-0.4, -0.2) is 5.71 Å². The Morgan fingerprint density at radius 3 is 2.85 bits per heavy atom. The van der Waals surface area contributed by atoms with E-state index >= 15 is 0 Å². The molecule has 1 fully saturated rings. The Kier molecular flexibility index (Phi) is 2.62. The third-order valence-electron chi connectivity index (χ3n) is 4.79. The van der Waals surface area contributed by atoms with Crippen molar-refractivity contribution in [1.29, 1.82) is 0 Å². The third kappa shape index (κ3) is 1.64. The van der Waals surface area contributed by atoms with E-state index in [0.717, 1.165) is 15.9 Å². The van der Waals surface area contributed by atoms with Gasteiger partial charge >= 0.3 is 0 Å². The van der Waals surface area contributed by atoms with Crippen molar-refractivity contribution in [2.75, 3.05) is 0 Å². The number of nitrogens with zero attached hydrogens (tertiary/aromatic N) is 1. The average Bonchev–Trinajstić information content (AvgIpc) is 3.19. The van der Waals surface area contributed by atoms with Gasteiger partial charge in [-0.25, -0.2) is 0 Å². The third-order valence-corrected chi connectivity index (χ3v) is 5.69. The summed E-state index contributed by atoms with van der Waals surface area (Å²) in [5, 5.41) is 0.792. The lowest BCUT2D eigenvalue weighted by atomic mass is 9.72. The van der Waals surface area contributed by atoms with Crippen LogP contribution in [0.1, 0.15) is 37.3 Å². The normalized spacial score (nSPS) is 29.1. The van der Waals surface area contributed by atoms with Crippen LogP contribution < -0.4 is 0 Å². The molecule has 1 heterocycles. The SMILES string of the molecule is CC12C=C(Br)c3cc(Cl)ccc3C3(CC3)C1=NC=CC2. The fourth-order valence-electron chi connectivity index (χ4n) is 3.71. The highest BCUT2D eigenvalue weighted by Gasteiger charge is 2.56. The molecule has 0 amide bonds. The minimum Gasteiger partial charge on any atom is -0.264 e. The molecule has 1 aromatic rings. The van der Waals surface area contributed by atoms with Crippen molar-refractivity contribution in [3.8, 4) is 0 Å². The lowest BCUT2D eigenvalue weighted by molar-refractivity contribution is 0.574. The first-order valence-electron chi connectivity index (χ1n) is 6.98. The molecule has 0 bridgehead atoms. The molecule has 2 aliphatic carbocycles. The Labute approximate surface area is 132 Å². The van der Waals surface area contributed by atoms with Gasteiger partial charge in [0.25, 0.3) is 0 Å². The number of hydrogen-bond donors (Lipinski definition) is 0. The van der Waals surface area contributed by atoms with Crippen LogP contribution in [-0.2, 0) is 5.41 Å². The number of fused-ring (bicyclic) bond motifs is 4. The molecule has 1 atom stereocenters. The summed E-state index contributed by atoms with van der Waals surface area (Å²) in [6, 6.07) is 6.27. The van der Waals surface area contributed by atoms with Gasteiger partial charge in [-0.05, 0) is 42.5 Å². The highest BCUT2D eigenvalue weighted by molar-refractivity contribution is 9.15. The summed E-state index contributed by atoms with van der Waals surface area (Å²) in [6.07, 6.45) is 9.86. The fourth-order valence-corrected chi connectivity index (χ4v) is 4.72. The average molecular weight is 349 g/mol. The van der Waals surface area contributed by atoms with Crippen LogP contribution in [0.5, 0.6) is 0 Å². The molecule has 1 spiro atoms. The maximum absolute atomic E-state index is 6.21. The number of allylic oxidation sites excluding steroid dienone is 2. The van der Waals surface area contributed by atoms with Crippen LogP contribution >= 0.6 is 27.5 Å². The van der Waals surface area contributed by atoms with E-state index in [0.29, 0.717) is 0 Å². The van der Waals surface area contributed by atoms with Crippen molar-refractivity contribution in [1.82, 2.24) is 0 Å². The topological polar surface area (TPSA) is 12.4 Å². The molecule has 0 aromatic heterocycles. The molecule has 20 heavy (non-hydrogen) atoms. The Morgan fingerprint density at radius 2 is 2.10 bits per heavy atom. The predicted octanol–water partition coefficient (Wildman–Crippen LogP) is 5.49. The van der Waals surface area contributed by atoms with E-state index in [-0.39, 0.29) is 10.8 Å². The van der Waals surface area contributed by atoms with Crippen molar-refractivity contribution >= 4 is 37.7 Å². The Morgan fingerprint density at radius 1 is 1.30 bits per heavy atom. The molecule has 4 rings (SSSR count). The van der Waals surface area contributed by atoms with E-state index in [1.165, 1.54) is 29.7 Å². The summed E-state index contributed by atoms with van der Waals surface area (Å²) >= 11 is 9.98. The molecule has 0 radical (unpaired) electrons. The molecule has 0 N–H and O–H groups in total. The van der Waals surface area contributed by atoms with Crippen LogP contribution in [0.2, 0.25) is 5.02 Å². The van der Waals surface area contributed by atoms with E-state index in [9.17, 15) is 0 Å². The van der Waals surface area contributed by atoms with Gasteiger partial charge in [-0.3, -0.25) is 4.99 Å². The summed E-state index contributed by atoms with van der Waals surface area (Å²) in [4.78, 5) is 4.79. The largest absolute Gasteiger partial charge is 0.264 e. The molecular formula is C17H15BrClN. The van der Waals surface area contributed by atoms with Crippen LogP contribution in [0, 0.1) is 5.41 Å². The molecule has 0 saturated heterocycles. The van der Waals surface area contributed by atoms with Crippen LogP contribution in [0.3, 0.4) is 0 Å². The maximum atomic E-state index is 6.21. The Balaban J connectivity index is 2.04. The van der Waals surface area contributed by atoms with Crippen molar-refractivity contribution in [3.63, 3.8) is 0 Å². The second-order valence-corrected chi connectivity index (χ2v) is 7.54. The summed E-state index contributed by atoms with van der Waals surface area (Å²) in [5.74, 6) is 0. The molecule has 1 unspecified atom stereocenters. The quantitative estimate of drug-likeness (QED) is 0.588. The number of aliphatic imine (C=N–C) groups is 1. The number of rotatable bonds is 0. The zero-order valence-electron chi connectivity index (χ0n) is 11.3. The summed E-state index contributed by atoms with van der Waals surface area (Å²) in [6.45, 7) is 2.30. The first-order valence-corrected chi connectivity index (χ1v) is 8.15.